The van der Waals surface area contributed by atoms with Gasteiger partial charge in [-0.3, -0.25) is 4.68 Å². The summed E-state index contributed by atoms with van der Waals surface area (Å²) in [5, 5.41) is 13.9. The number of hydrogen-bond donors (Lipinski definition) is 1. The molecule has 0 spiro atoms. The van der Waals surface area contributed by atoms with Crippen molar-refractivity contribution in [2.75, 3.05) is 0 Å². The number of aromatic nitrogens is 2. The summed E-state index contributed by atoms with van der Waals surface area (Å²) in [6, 6.07) is 2.58. The van der Waals surface area contributed by atoms with Crippen LogP contribution >= 0.6 is 0 Å². The summed E-state index contributed by atoms with van der Waals surface area (Å²) >= 11 is 0. The number of halogens is 2. The van der Waals surface area contributed by atoms with Crippen molar-refractivity contribution in [3.8, 4) is 0 Å². The van der Waals surface area contributed by atoms with E-state index in [-0.39, 0.29) is 22.9 Å². The molecule has 136 valence electrons. The van der Waals surface area contributed by atoms with E-state index in [1.165, 1.54) is 16.8 Å². The second-order valence-electron chi connectivity index (χ2n) is 8.24. The second kappa shape index (κ2) is 5.49. The topological polar surface area (TPSA) is 56.5 Å². The highest BCUT2D eigenvalue weighted by molar-refractivity contribution is 6.62. The maximum atomic E-state index is 14.7. The Morgan fingerprint density at radius 1 is 1.16 bits per heavy atom. The molecule has 0 radical (unpaired) electrons. The van der Waals surface area contributed by atoms with Gasteiger partial charge < -0.3 is 14.4 Å². The van der Waals surface area contributed by atoms with Crippen molar-refractivity contribution in [2.45, 2.75) is 64.9 Å². The molecule has 0 amide bonds. The highest BCUT2D eigenvalue weighted by Gasteiger charge is 2.52. The smallest absolute Gasteiger partial charge is 0.399 e. The lowest BCUT2D eigenvalue weighted by atomic mass is 9.78. The van der Waals surface area contributed by atoms with Crippen LogP contribution in [0.1, 0.15) is 41.5 Å². The van der Waals surface area contributed by atoms with E-state index in [4.69, 9.17) is 9.31 Å². The van der Waals surface area contributed by atoms with E-state index in [2.05, 4.69) is 5.10 Å². The Morgan fingerprint density at radius 2 is 1.72 bits per heavy atom. The minimum Gasteiger partial charge on any atom is -0.399 e. The molecule has 1 N–H and O–H groups in total. The van der Waals surface area contributed by atoms with Gasteiger partial charge in [0.25, 0.3) is 0 Å². The third kappa shape index (κ3) is 3.18. The first kappa shape index (κ1) is 18.3. The lowest BCUT2D eigenvalue weighted by Crippen LogP contribution is -2.41. The number of fused-ring (bicyclic) bond motifs is 1. The van der Waals surface area contributed by atoms with Gasteiger partial charge in [-0.15, -0.1) is 5.10 Å². The number of nitrogens with zero attached hydrogens (tertiary/aromatic N) is 2. The van der Waals surface area contributed by atoms with E-state index in [0.717, 1.165) is 0 Å². The summed E-state index contributed by atoms with van der Waals surface area (Å²) < 4.78 is 42.0. The van der Waals surface area contributed by atoms with Crippen molar-refractivity contribution in [3.63, 3.8) is 0 Å². The first-order valence-electron chi connectivity index (χ1n) is 8.24. The Labute approximate surface area is 146 Å². The van der Waals surface area contributed by atoms with Crippen LogP contribution in [0.4, 0.5) is 8.78 Å². The molecule has 0 bridgehead atoms. The Morgan fingerprint density at radius 3 is 2.24 bits per heavy atom. The zero-order valence-corrected chi connectivity index (χ0v) is 15.4. The molecule has 25 heavy (non-hydrogen) atoms. The van der Waals surface area contributed by atoms with Crippen LogP contribution in [0.5, 0.6) is 0 Å². The Kier molecular flexibility index (Phi) is 4.02. The molecule has 0 aliphatic carbocycles. The molecule has 8 heteroatoms. The molecule has 1 aliphatic rings. The zero-order valence-electron chi connectivity index (χ0n) is 15.4. The molecule has 0 saturated carbocycles. The van der Waals surface area contributed by atoms with E-state index >= 15 is 0 Å². The maximum Gasteiger partial charge on any atom is 0.497 e. The molecule has 2 aromatic rings. The molecule has 1 aliphatic heterocycles. The van der Waals surface area contributed by atoms with E-state index in [9.17, 15) is 13.9 Å². The minimum absolute atomic E-state index is 0.0443. The Bertz CT molecular complexity index is 811. The summed E-state index contributed by atoms with van der Waals surface area (Å²) in [7, 11) is -0.925. The molecular weight excluding hydrogens is 329 g/mol. The van der Waals surface area contributed by atoms with Gasteiger partial charge in [-0.05, 0) is 53.7 Å². The fourth-order valence-electron chi connectivity index (χ4n) is 2.81. The molecule has 5 nitrogen and oxygen atoms in total. The lowest BCUT2D eigenvalue weighted by molar-refractivity contribution is 0.00578. The van der Waals surface area contributed by atoms with E-state index < -0.39 is 35.7 Å². The van der Waals surface area contributed by atoms with Crippen molar-refractivity contribution in [1.82, 2.24) is 9.78 Å². The van der Waals surface area contributed by atoms with Crippen LogP contribution in [0.15, 0.2) is 12.1 Å². The summed E-state index contributed by atoms with van der Waals surface area (Å²) in [5.41, 5.74) is -1.94. The number of aliphatic hydroxyl groups is 1. The summed E-state index contributed by atoms with van der Waals surface area (Å²) in [4.78, 5) is 0. The molecule has 1 saturated heterocycles. The molecule has 1 aromatic carbocycles. The first-order chi connectivity index (χ1) is 11.3. The van der Waals surface area contributed by atoms with Crippen molar-refractivity contribution in [1.29, 1.82) is 0 Å². The molecule has 1 fully saturated rings. The van der Waals surface area contributed by atoms with E-state index in [1.807, 2.05) is 27.7 Å². The van der Waals surface area contributed by atoms with Crippen LogP contribution in [0.3, 0.4) is 0 Å². The average Bonchev–Trinajstić information content (AvgIpc) is 2.81. The standard InChI is InChI=1S/C17H23BF2N2O3/c1-15(2,23)9-22-13-8-12(19)11(7-10(13)14(20)21-22)18-24-16(3,4)17(5,6)25-18/h7-8,23H,9H2,1-6H3. The molecule has 0 unspecified atom stereocenters. The quantitative estimate of drug-likeness (QED) is 0.862. The van der Waals surface area contributed by atoms with Gasteiger partial charge in [0.05, 0.1) is 34.3 Å². The van der Waals surface area contributed by atoms with Gasteiger partial charge in [-0.2, -0.15) is 4.39 Å². The van der Waals surface area contributed by atoms with Crippen LogP contribution in [0, 0.1) is 11.8 Å². The minimum atomic E-state index is -1.10. The normalized spacial score (nSPS) is 19.8. The van der Waals surface area contributed by atoms with E-state index in [0.29, 0.717) is 0 Å². The lowest BCUT2D eigenvalue weighted by Gasteiger charge is -2.32. The molecule has 1 aromatic heterocycles. The van der Waals surface area contributed by atoms with Crippen LogP contribution in [0.2, 0.25) is 0 Å². The van der Waals surface area contributed by atoms with Crippen LogP contribution in [-0.4, -0.2) is 38.8 Å². The average molecular weight is 352 g/mol. The van der Waals surface area contributed by atoms with Gasteiger partial charge in [0.15, 0.2) is 0 Å². The van der Waals surface area contributed by atoms with Crippen molar-refractivity contribution >= 4 is 23.5 Å². The molecule has 0 atom stereocenters. The largest absolute Gasteiger partial charge is 0.497 e. The van der Waals surface area contributed by atoms with Gasteiger partial charge in [-0.1, -0.05) is 0 Å². The predicted octanol–water partition coefficient (Wildman–Crippen LogP) is 2.38. The van der Waals surface area contributed by atoms with Crippen LogP contribution < -0.4 is 5.46 Å². The monoisotopic (exact) mass is 352 g/mol. The summed E-state index contributed by atoms with van der Waals surface area (Å²) in [6.45, 7) is 10.7. The number of hydrogen-bond acceptors (Lipinski definition) is 4. The van der Waals surface area contributed by atoms with Crippen molar-refractivity contribution < 1.29 is 23.2 Å². The van der Waals surface area contributed by atoms with Crippen LogP contribution in [-0.2, 0) is 15.9 Å². The van der Waals surface area contributed by atoms with Gasteiger partial charge >= 0.3 is 7.12 Å². The fourth-order valence-corrected chi connectivity index (χ4v) is 2.81. The van der Waals surface area contributed by atoms with E-state index in [1.54, 1.807) is 13.8 Å². The highest BCUT2D eigenvalue weighted by Crippen LogP contribution is 2.37. The Balaban J connectivity index is 2.05. The highest BCUT2D eigenvalue weighted by atomic mass is 19.1. The van der Waals surface area contributed by atoms with Gasteiger partial charge in [-0.25, -0.2) is 4.39 Å². The van der Waals surface area contributed by atoms with Gasteiger partial charge in [0.1, 0.15) is 5.82 Å². The molecule has 3 rings (SSSR count). The SMILES string of the molecule is CC(C)(O)Cn1nc(F)c2cc(B3OC(C)(C)C(C)(C)O3)c(F)cc21. The van der Waals surface area contributed by atoms with Crippen molar-refractivity contribution in [2.24, 2.45) is 0 Å². The molecular formula is C17H23BF2N2O3. The molecule has 2 heterocycles. The Hall–Kier alpha value is -1.51. The van der Waals surface area contributed by atoms with Crippen molar-refractivity contribution in [3.05, 3.63) is 23.9 Å². The zero-order chi connectivity index (χ0) is 18.8. The van der Waals surface area contributed by atoms with Gasteiger partial charge in [0.2, 0.25) is 5.95 Å². The maximum absolute atomic E-state index is 14.7. The summed E-state index contributed by atoms with van der Waals surface area (Å²) in [5.74, 6) is -1.29. The summed E-state index contributed by atoms with van der Waals surface area (Å²) in [6.07, 6.45) is 0. The fraction of sp³-hybridized carbons (Fsp3) is 0.588. The third-order valence-electron chi connectivity index (χ3n) is 4.87. The number of rotatable bonds is 3. The van der Waals surface area contributed by atoms with Crippen LogP contribution in [0.25, 0.3) is 10.9 Å². The third-order valence-corrected chi connectivity index (χ3v) is 4.87. The first-order valence-corrected chi connectivity index (χ1v) is 8.24. The van der Waals surface area contributed by atoms with Gasteiger partial charge in [0, 0.05) is 5.46 Å². The second-order valence-corrected chi connectivity index (χ2v) is 8.24. The number of benzene rings is 1. The predicted molar refractivity (Wildman–Crippen MR) is 91.7 cm³/mol.